The minimum absolute atomic E-state index is 0.0276. The highest BCUT2D eigenvalue weighted by Gasteiger charge is 2.06. The molecular weight excluding hydrogens is 252 g/mol. The maximum atomic E-state index is 11.8. The van der Waals surface area contributed by atoms with Crippen molar-refractivity contribution in [2.45, 2.75) is 19.4 Å². The van der Waals surface area contributed by atoms with Crippen LogP contribution in [0.25, 0.3) is 0 Å². The molecule has 1 heterocycles. The molecule has 1 aromatic heterocycles. The van der Waals surface area contributed by atoms with E-state index in [-0.39, 0.29) is 5.91 Å². The van der Waals surface area contributed by atoms with E-state index in [2.05, 4.69) is 10.3 Å². The van der Waals surface area contributed by atoms with Crippen LogP contribution in [0.3, 0.4) is 0 Å². The molecule has 20 heavy (non-hydrogen) atoms. The molecule has 0 atom stereocenters. The number of aromatic nitrogens is 1. The summed E-state index contributed by atoms with van der Waals surface area (Å²) in [6, 6.07) is 11.6. The van der Waals surface area contributed by atoms with Gasteiger partial charge in [0.2, 0.25) is 5.91 Å². The lowest BCUT2D eigenvalue weighted by Gasteiger charge is -2.08. The van der Waals surface area contributed by atoms with E-state index < -0.39 is 0 Å². The number of hydrogen-bond donors (Lipinski definition) is 1. The zero-order chi connectivity index (χ0) is 14.2. The third kappa shape index (κ3) is 4.09. The van der Waals surface area contributed by atoms with E-state index in [1.54, 1.807) is 19.5 Å². The first-order valence-corrected chi connectivity index (χ1v) is 6.57. The number of benzene rings is 1. The maximum Gasteiger partial charge on any atom is 0.220 e. The standard InChI is InChI=1S/C16H18N2O2/c1-20-15-7-3-2-6-14(15)8-9-16(19)18-12-13-5-4-10-17-11-13/h2-7,10-11H,8-9,12H2,1H3,(H,18,19). The van der Waals surface area contributed by atoms with Crippen molar-refractivity contribution in [1.29, 1.82) is 0 Å². The van der Waals surface area contributed by atoms with Gasteiger partial charge in [-0.2, -0.15) is 0 Å². The van der Waals surface area contributed by atoms with Gasteiger partial charge in [0.25, 0.3) is 0 Å². The van der Waals surface area contributed by atoms with Crippen LogP contribution in [-0.2, 0) is 17.8 Å². The summed E-state index contributed by atoms with van der Waals surface area (Å²) in [5.41, 5.74) is 2.05. The predicted molar refractivity (Wildman–Crippen MR) is 77.4 cm³/mol. The van der Waals surface area contributed by atoms with Gasteiger partial charge in [0.15, 0.2) is 0 Å². The van der Waals surface area contributed by atoms with Crippen molar-refractivity contribution in [3.05, 3.63) is 59.9 Å². The fourth-order valence-electron chi connectivity index (χ4n) is 1.95. The van der Waals surface area contributed by atoms with Crippen molar-refractivity contribution in [1.82, 2.24) is 10.3 Å². The molecule has 0 radical (unpaired) electrons. The molecule has 0 spiro atoms. The fourth-order valence-corrected chi connectivity index (χ4v) is 1.95. The third-order valence-corrected chi connectivity index (χ3v) is 3.03. The van der Waals surface area contributed by atoms with E-state index in [4.69, 9.17) is 4.74 Å². The van der Waals surface area contributed by atoms with Crippen LogP contribution in [0, 0.1) is 0 Å². The Kier molecular flexibility index (Phi) is 5.12. The number of carbonyl (C=O) groups is 1. The van der Waals surface area contributed by atoms with Gasteiger partial charge in [-0.1, -0.05) is 24.3 Å². The maximum absolute atomic E-state index is 11.8. The van der Waals surface area contributed by atoms with Crippen molar-refractivity contribution < 1.29 is 9.53 Å². The number of ether oxygens (including phenoxy) is 1. The Hall–Kier alpha value is -2.36. The number of rotatable bonds is 6. The second-order valence-electron chi connectivity index (χ2n) is 4.45. The molecular formula is C16H18N2O2. The second kappa shape index (κ2) is 7.28. The molecule has 4 heteroatoms. The average molecular weight is 270 g/mol. The van der Waals surface area contributed by atoms with Crippen molar-refractivity contribution in [2.24, 2.45) is 0 Å². The third-order valence-electron chi connectivity index (χ3n) is 3.03. The summed E-state index contributed by atoms with van der Waals surface area (Å²) in [4.78, 5) is 15.8. The SMILES string of the molecule is COc1ccccc1CCC(=O)NCc1cccnc1. The largest absolute Gasteiger partial charge is 0.496 e. The molecule has 2 rings (SSSR count). The number of aryl methyl sites for hydroxylation is 1. The normalized spacial score (nSPS) is 10.1. The molecule has 0 fully saturated rings. The van der Waals surface area contributed by atoms with Crippen molar-refractivity contribution >= 4 is 5.91 Å². The van der Waals surface area contributed by atoms with Crippen LogP contribution in [0.15, 0.2) is 48.8 Å². The van der Waals surface area contributed by atoms with Crippen LogP contribution >= 0.6 is 0 Å². The van der Waals surface area contributed by atoms with Crippen LogP contribution in [0.4, 0.5) is 0 Å². The average Bonchev–Trinajstić information content (AvgIpc) is 2.52. The summed E-state index contributed by atoms with van der Waals surface area (Å²) in [5.74, 6) is 0.854. The first-order valence-electron chi connectivity index (χ1n) is 6.57. The van der Waals surface area contributed by atoms with Gasteiger partial charge < -0.3 is 10.1 Å². The van der Waals surface area contributed by atoms with Crippen LogP contribution in [0.1, 0.15) is 17.5 Å². The topological polar surface area (TPSA) is 51.2 Å². The molecule has 0 aliphatic carbocycles. The molecule has 1 amide bonds. The van der Waals surface area contributed by atoms with Crippen molar-refractivity contribution in [2.75, 3.05) is 7.11 Å². The highest BCUT2D eigenvalue weighted by molar-refractivity contribution is 5.76. The second-order valence-corrected chi connectivity index (χ2v) is 4.45. The lowest BCUT2D eigenvalue weighted by molar-refractivity contribution is -0.121. The summed E-state index contributed by atoms with van der Waals surface area (Å²) >= 11 is 0. The number of nitrogens with one attached hydrogen (secondary N) is 1. The molecule has 0 aliphatic heterocycles. The first kappa shape index (κ1) is 14.1. The Bertz CT molecular complexity index is 555. The molecule has 2 aromatic rings. The highest BCUT2D eigenvalue weighted by Crippen LogP contribution is 2.18. The number of carbonyl (C=O) groups excluding carboxylic acids is 1. The van der Waals surface area contributed by atoms with E-state index in [9.17, 15) is 4.79 Å². The summed E-state index contributed by atoms with van der Waals surface area (Å²) in [5, 5.41) is 2.89. The molecule has 4 nitrogen and oxygen atoms in total. The molecule has 0 unspecified atom stereocenters. The number of hydrogen-bond acceptors (Lipinski definition) is 3. The quantitative estimate of drug-likeness (QED) is 0.876. The lowest BCUT2D eigenvalue weighted by Crippen LogP contribution is -2.23. The molecule has 0 saturated heterocycles. The summed E-state index contributed by atoms with van der Waals surface area (Å²) < 4.78 is 5.27. The number of pyridine rings is 1. The monoisotopic (exact) mass is 270 g/mol. The lowest BCUT2D eigenvalue weighted by atomic mass is 10.1. The van der Waals surface area contributed by atoms with Gasteiger partial charge in [0, 0.05) is 25.4 Å². The molecule has 0 bridgehead atoms. The van der Waals surface area contributed by atoms with Crippen LogP contribution in [0.5, 0.6) is 5.75 Å². The number of amides is 1. The Morgan fingerprint density at radius 3 is 2.85 bits per heavy atom. The zero-order valence-corrected chi connectivity index (χ0v) is 11.5. The predicted octanol–water partition coefficient (Wildman–Crippen LogP) is 2.34. The summed E-state index contributed by atoms with van der Waals surface area (Å²) in [6.07, 6.45) is 4.58. The summed E-state index contributed by atoms with van der Waals surface area (Å²) in [7, 11) is 1.64. The Morgan fingerprint density at radius 2 is 2.10 bits per heavy atom. The molecule has 1 N–H and O–H groups in total. The van der Waals surface area contributed by atoms with Gasteiger partial charge in [-0.15, -0.1) is 0 Å². The summed E-state index contributed by atoms with van der Waals surface area (Å²) in [6.45, 7) is 0.512. The van der Waals surface area contributed by atoms with Gasteiger partial charge >= 0.3 is 0 Å². The highest BCUT2D eigenvalue weighted by atomic mass is 16.5. The van der Waals surface area contributed by atoms with Gasteiger partial charge in [0.05, 0.1) is 7.11 Å². The van der Waals surface area contributed by atoms with Gasteiger partial charge in [-0.25, -0.2) is 0 Å². The van der Waals surface area contributed by atoms with Crippen LogP contribution in [0.2, 0.25) is 0 Å². The first-order chi connectivity index (χ1) is 9.79. The zero-order valence-electron chi connectivity index (χ0n) is 11.5. The van der Waals surface area contributed by atoms with Crippen LogP contribution in [-0.4, -0.2) is 18.0 Å². The number of para-hydroxylation sites is 1. The van der Waals surface area contributed by atoms with Gasteiger partial charge in [-0.05, 0) is 29.7 Å². The van der Waals surface area contributed by atoms with Crippen molar-refractivity contribution in [3.63, 3.8) is 0 Å². The Labute approximate surface area is 118 Å². The Morgan fingerprint density at radius 1 is 1.25 bits per heavy atom. The van der Waals surface area contributed by atoms with Gasteiger partial charge in [-0.3, -0.25) is 9.78 Å². The minimum Gasteiger partial charge on any atom is -0.496 e. The van der Waals surface area contributed by atoms with E-state index in [1.165, 1.54) is 0 Å². The van der Waals surface area contributed by atoms with E-state index in [1.807, 2.05) is 36.4 Å². The van der Waals surface area contributed by atoms with Crippen molar-refractivity contribution in [3.8, 4) is 5.75 Å². The van der Waals surface area contributed by atoms with E-state index in [0.29, 0.717) is 19.4 Å². The number of nitrogens with zero attached hydrogens (tertiary/aromatic N) is 1. The molecule has 0 saturated carbocycles. The molecule has 0 aliphatic rings. The molecule has 104 valence electrons. The van der Waals surface area contributed by atoms with E-state index in [0.717, 1.165) is 16.9 Å². The number of methoxy groups -OCH3 is 1. The molecule has 1 aromatic carbocycles. The van der Waals surface area contributed by atoms with E-state index >= 15 is 0 Å². The Balaban J connectivity index is 1.80. The van der Waals surface area contributed by atoms with Gasteiger partial charge in [0.1, 0.15) is 5.75 Å². The van der Waals surface area contributed by atoms with Crippen LogP contribution < -0.4 is 10.1 Å². The fraction of sp³-hybridized carbons (Fsp3) is 0.250. The minimum atomic E-state index is 0.0276. The smallest absolute Gasteiger partial charge is 0.220 e.